The van der Waals surface area contributed by atoms with Crippen LogP contribution in [0.1, 0.15) is 56.9 Å². The highest BCUT2D eigenvalue weighted by Gasteiger charge is 2.19. The molecule has 1 aromatic rings. The van der Waals surface area contributed by atoms with E-state index in [4.69, 9.17) is 14.2 Å². The van der Waals surface area contributed by atoms with Crippen LogP contribution in [0.15, 0.2) is 6.20 Å². The van der Waals surface area contributed by atoms with Crippen molar-refractivity contribution in [1.82, 2.24) is 4.98 Å². The molecule has 1 rings (SSSR count). The standard InChI is InChI=1S/C17H23NO6/c1-5-14(19)22-9-12-8-18-11(4)17(24-16(21)7-3)13(12)10-23-15(20)6-2/h8H,5-7,9-10H2,1-4H3. The molecule has 0 aromatic carbocycles. The van der Waals surface area contributed by atoms with Crippen molar-refractivity contribution in [3.63, 3.8) is 0 Å². The van der Waals surface area contributed by atoms with E-state index in [9.17, 15) is 14.4 Å². The topological polar surface area (TPSA) is 91.8 Å². The highest BCUT2D eigenvalue weighted by atomic mass is 16.5. The lowest BCUT2D eigenvalue weighted by atomic mass is 10.1. The van der Waals surface area contributed by atoms with E-state index in [2.05, 4.69) is 4.98 Å². The predicted octanol–water partition coefficient (Wildman–Crippen LogP) is 2.61. The van der Waals surface area contributed by atoms with Crippen LogP contribution in [0, 0.1) is 6.92 Å². The van der Waals surface area contributed by atoms with Gasteiger partial charge in [0, 0.05) is 36.6 Å². The molecule has 0 radical (unpaired) electrons. The molecule has 0 fully saturated rings. The zero-order valence-electron chi connectivity index (χ0n) is 14.5. The van der Waals surface area contributed by atoms with Gasteiger partial charge < -0.3 is 14.2 Å². The third kappa shape index (κ3) is 5.64. The first-order chi connectivity index (χ1) is 11.4. The summed E-state index contributed by atoms with van der Waals surface area (Å²) in [5, 5.41) is 0. The molecule has 0 aliphatic carbocycles. The van der Waals surface area contributed by atoms with E-state index < -0.39 is 5.97 Å². The van der Waals surface area contributed by atoms with Gasteiger partial charge in [0.2, 0.25) is 0 Å². The molecule has 0 saturated heterocycles. The van der Waals surface area contributed by atoms with Gasteiger partial charge in [-0.15, -0.1) is 0 Å². The number of pyridine rings is 1. The fourth-order valence-corrected chi connectivity index (χ4v) is 1.79. The minimum Gasteiger partial charge on any atom is -0.461 e. The first-order valence-electron chi connectivity index (χ1n) is 7.92. The van der Waals surface area contributed by atoms with E-state index in [0.29, 0.717) is 16.8 Å². The molecule has 0 N–H and O–H groups in total. The third-order valence-electron chi connectivity index (χ3n) is 3.25. The average molecular weight is 337 g/mol. The van der Waals surface area contributed by atoms with Crippen molar-refractivity contribution in [2.24, 2.45) is 0 Å². The number of hydrogen-bond acceptors (Lipinski definition) is 7. The maximum atomic E-state index is 11.7. The quantitative estimate of drug-likeness (QED) is 0.673. The second-order valence-corrected chi connectivity index (χ2v) is 5.03. The van der Waals surface area contributed by atoms with E-state index in [0.717, 1.165) is 0 Å². The van der Waals surface area contributed by atoms with Crippen molar-refractivity contribution in [2.45, 2.75) is 60.2 Å². The Morgan fingerprint density at radius 2 is 1.46 bits per heavy atom. The molecular weight excluding hydrogens is 314 g/mol. The summed E-state index contributed by atoms with van der Waals surface area (Å²) < 4.78 is 15.6. The maximum absolute atomic E-state index is 11.7. The highest BCUT2D eigenvalue weighted by molar-refractivity contribution is 5.73. The van der Waals surface area contributed by atoms with Gasteiger partial charge in [-0.25, -0.2) is 0 Å². The zero-order valence-corrected chi connectivity index (χ0v) is 14.5. The van der Waals surface area contributed by atoms with E-state index in [1.165, 1.54) is 6.20 Å². The molecule has 132 valence electrons. The van der Waals surface area contributed by atoms with Crippen LogP contribution in [0.4, 0.5) is 0 Å². The molecule has 0 saturated carbocycles. The molecule has 0 atom stereocenters. The first kappa shape index (κ1) is 19.6. The zero-order chi connectivity index (χ0) is 18.1. The smallest absolute Gasteiger partial charge is 0.310 e. The Hall–Kier alpha value is -2.44. The Bertz CT molecular complexity index is 611. The highest BCUT2D eigenvalue weighted by Crippen LogP contribution is 2.27. The van der Waals surface area contributed by atoms with Crippen LogP contribution in [0.2, 0.25) is 0 Å². The number of nitrogens with zero attached hydrogens (tertiary/aromatic N) is 1. The predicted molar refractivity (Wildman–Crippen MR) is 85.1 cm³/mol. The average Bonchev–Trinajstić information content (AvgIpc) is 2.59. The van der Waals surface area contributed by atoms with Crippen molar-refractivity contribution in [3.05, 3.63) is 23.0 Å². The summed E-state index contributed by atoms with van der Waals surface area (Å²) in [7, 11) is 0. The minimum atomic E-state index is -0.425. The Morgan fingerprint density at radius 1 is 0.917 bits per heavy atom. The SMILES string of the molecule is CCC(=O)OCc1cnc(C)c(OC(=O)CC)c1COC(=O)CC. The van der Waals surface area contributed by atoms with Crippen molar-refractivity contribution in [2.75, 3.05) is 0 Å². The van der Waals surface area contributed by atoms with Gasteiger partial charge in [-0.1, -0.05) is 20.8 Å². The lowest BCUT2D eigenvalue weighted by Crippen LogP contribution is -2.14. The van der Waals surface area contributed by atoms with E-state index in [1.807, 2.05) is 0 Å². The van der Waals surface area contributed by atoms with Crippen molar-refractivity contribution < 1.29 is 28.6 Å². The molecule has 7 heteroatoms. The molecule has 0 spiro atoms. The van der Waals surface area contributed by atoms with Crippen LogP contribution < -0.4 is 4.74 Å². The Kier molecular flexibility index (Phi) is 7.88. The summed E-state index contributed by atoms with van der Waals surface area (Å²) >= 11 is 0. The van der Waals surface area contributed by atoms with Crippen LogP contribution in [0.5, 0.6) is 5.75 Å². The molecule has 0 aliphatic heterocycles. The molecule has 0 bridgehead atoms. The lowest BCUT2D eigenvalue weighted by molar-refractivity contribution is -0.146. The summed E-state index contributed by atoms with van der Waals surface area (Å²) in [5.41, 5.74) is 1.50. The molecule has 0 amide bonds. The lowest BCUT2D eigenvalue weighted by Gasteiger charge is -2.16. The van der Waals surface area contributed by atoms with Gasteiger partial charge >= 0.3 is 17.9 Å². The number of carbonyl (C=O) groups is 3. The second kappa shape index (κ2) is 9.64. The molecular formula is C17H23NO6. The molecule has 1 heterocycles. The summed E-state index contributed by atoms with van der Waals surface area (Å²) in [6, 6.07) is 0. The fourth-order valence-electron chi connectivity index (χ4n) is 1.79. The van der Waals surface area contributed by atoms with Crippen molar-refractivity contribution >= 4 is 17.9 Å². The number of aromatic nitrogens is 1. The van der Waals surface area contributed by atoms with Gasteiger partial charge in [0.1, 0.15) is 13.2 Å². The van der Waals surface area contributed by atoms with Gasteiger partial charge in [0.15, 0.2) is 5.75 Å². The second-order valence-electron chi connectivity index (χ2n) is 5.03. The molecule has 1 aromatic heterocycles. The van der Waals surface area contributed by atoms with Crippen LogP contribution in [-0.4, -0.2) is 22.9 Å². The van der Waals surface area contributed by atoms with E-state index in [1.54, 1.807) is 27.7 Å². The van der Waals surface area contributed by atoms with E-state index in [-0.39, 0.29) is 50.2 Å². The van der Waals surface area contributed by atoms with Gasteiger partial charge in [-0.05, 0) is 6.92 Å². The summed E-state index contributed by atoms with van der Waals surface area (Å²) in [5.74, 6) is -0.922. The number of esters is 3. The normalized spacial score (nSPS) is 10.2. The van der Waals surface area contributed by atoms with E-state index >= 15 is 0 Å². The largest absolute Gasteiger partial charge is 0.461 e. The van der Waals surface area contributed by atoms with Crippen LogP contribution >= 0.6 is 0 Å². The molecule has 0 unspecified atom stereocenters. The monoisotopic (exact) mass is 337 g/mol. The van der Waals surface area contributed by atoms with Crippen LogP contribution in [0.25, 0.3) is 0 Å². The third-order valence-corrected chi connectivity index (χ3v) is 3.25. The fraction of sp³-hybridized carbons (Fsp3) is 0.529. The van der Waals surface area contributed by atoms with Gasteiger partial charge in [-0.3, -0.25) is 19.4 Å². The molecule has 7 nitrogen and oxygen atoms in total. The van der Waals surface area contributed by atoms with Crippen molar-refractivity contribution in [1.29, 1.82) is 0 Å². The minimum absolute atomic E-state index is 0.0321. The van der Waals surface area contributed by atoms with Gasteiger partial charge in [-0.2, -0.15) is 0 Å². The van der Waals surface area contributed by atoms with Crippen molar-refractivity contribution in [3.8, 4) is 5.75 Å². The summed E-state index contributed by atoms with van der Waals surface area (Å²) in [4.78, 5) is 38.7. The maximum Gasteiger partial charge on any atom is 0.310 e. The Balaban J connectivity index is 3.15. The first-order valence-corrected chi connectivity index (χ1v) is 7.92. The van der Waals surface area contributed by atoms with Crippen LogP contribution in [-0.2, 0) is 37.1 Å². The number of rotatable bonds is 8. The Labute approximate surface area is 141 Å². The Morgan fingerprint density at radius 3 is 2.00 bits per heavy atom. The van der Waals surface area contributed by atoms with Gasteiger partial charge in [0.05, 0.1) is 5.69 Å². The van der Waals surface area contributed by atoms with Crippen LogP contribution in [0.3, 0.4) is 0 Å². The number of hydrogen-bond donors (Lipinski definition) is 0. The number of ether oxygens (including phenoxy) is 3. The molecule has 24 heavy (non-hydrogen) atoms. The summed E-state index contributed by atoms with van der Waals surface area (Å²) in [6.07, 6.45) is 2.20. The number of aryl methyl sites for hydroxylation is 1. The van der Waals surface area contributed by atoms with Gasteiger partial charge in [0.25, 0.3) is 0 Å². The summed E-state index contributed by atoms with van der Waals surface area (Å²) in [6.45, 7) is 6.62. The molecule has 0 aliphatic rings. The number of carbonyl (C=O) groups excluding carboxylic acids is 3.